The number of carbonyl (C=O) groups is 3. The van der Waals surface area contributed by atoms with Crippen molar-refractivity contribution in [1.29, 1.82) is 0 Å². The zero-order chi connectivity index (χ0) is 58.5. The fourth-order valence-corrected chi connectivity index (χ4v) is 9.59. The summed E-state index contributed by atoms with van der Waals surface area (Å²) in [6.07, 6.45) is 93.8. The maximum atomic E-state index is 13.0. The van der Waals surface area contributed by atoms with Crippen LogP contribution in [0.2, 0.25) is 0 Å². The van der Waals surface area contributed by atoms with Crippen LogP contribution in [0.5, 0.6) is 0 Å². The molecule has 0 heterocycles. The van der Waals surface area contributed by atoms with Crippen molar-refractivity contribution in [2.75, 3.05) is 13.2 Å². The molecule has 6 heteroatoms. The smallest absolute Gasteiger partial charge is 0.306 e. The van der Waals surface area contributed by atoms with E-state index in [9.17, 15) is 14.4 Å². The maximum absolute atomic E-state index is 13.0. The van der Waals surface area contributed by atoms with Gasteiger partial charge in [-0.3, -0.25) is 14.4 Å². The van der Waals surface area contributed by atoms with Crippen molar-refractivity contribution in [3.05, 3.63) is 109 Å². The molecule has 0 spiro atoms. The SMILES string of the molecule is CC/C=C\C/C=C\C/C=C\C/C=C\C/C=C\CCCCCCCC(=O)OCC(COC(=O)CCCCCCCCCCC/C=C\C/C=C\CCCCCCC)OC(=O)CCCCCCCCCCC/C=C\C/C=C\CCCCCCC. The second-order valence-electron chi connectivity index (χ2n) is 22.7. The number of unbranched alkanes of at least 4 members (excludes halogenated alkanes) is 33. The lowest BCUT2D eigenvalue weighted by molar-refractivity contribution is -0.167. The maximum Gasteiger partial charge on any atom is 0.306 e. The molecule has 0 rings (SSSR count). The second-order valence-corrected chi connectivity index (χ2v) is 22.7. The van der Waals surface area contributed by atoms with Crippen molar-refractivity contribution < 1.29 is 28.6 Å². The summed E-state index contributed by atoms with van der Waals surface area (Å²) >= 11 is 0. The van der Waals surface area contributed by atoms with Crippen molar-refractivity contribution in [3.63, 3.8) is 0 Å². The van der Waals surface area contributed by atoms with E-state index in [1.807, 2.05) is 0 Å². The average molecular weight is 1130 g/mol. The minimum absolute atomic E-state index is 0.0885. The van der Waals surface area contributed by atoms with E-state index >= 15 is 0 Å². The topological polar surface area (TPSA) is 78.9 Å². The molecule has 0 bridgehead atoms. The highest BCUT2D eigenvalue weighted by molar-refractivity contribution is 5.71. The first-order chi connectivity index (χ1) is 40.0. The number of rotatable bonds is 62. The van der Waals surface area contributed by atoms with Gasteiger partial charge in [-0.2, -0.15) is 0 Å². The molecule has 0 saturated heterocycles. The standard InChI is InChI=1S/C75H128O6/c1-4-7-10-13-16-19-22-25-28-31-34-37-40-43-46-49-52-55-58-61-64-67-73(76)79-70-72(81-75(78)69-66-63-60-57-54-51-48-45-42-39-36-33-30-27-24-21-18-15-12-9-6-3)71-80-74(77)68-65-62-59-56-53-50-47-44-41-38-35-32-29-26-23-20-17-14-11-8-5-2/h7,10,16,19,23-28,32-37,43,46,72H,4-6,8-9,11-15,17-18,20-22,29-31,38-42,44-45,47-71H2,1-3H3/b10-7-,19-16-,26-23-,27-24-,28-25-,35-32-,36-33-,37-34-,46-43-. The Bertz CT molecular complexity index is 1620. The predicted octanol–water partition coefficient (Wildman–Crippen LogP) is 23.8. The van der Waals surface area contributed by atoms with Gasteiger partial charge >= 0.3 is 17.9 Å². The summed E-state index contributed by atoms with van der Waals surface area (Å²) < 4.78 is 17.0. The molecule has 0 aromatic heterocycles. The van der Waals surface area contributed by atoms with Crippen LogP contribution in [0.15, 0.2) is 109 Å². The van der Waals surface area contributed by atoms with E-state index in [1.165, 1.54) is 167 Å². The van der Waals surface area contributed by atoms with Crippen LogP contribution in [-0.2, 0) is 28.6 Å². The molecule has 0 aliphatic carbocycles. The molecule has 0 saturated carbocycles. The molecular weight excluding hydrogens is 997 g/mol. The monoisotopic (exact) mass is 1120 g/mol. The number of hydrogen-bond acceptors (Lipinski definition) is 6. The normalized spacial score (nSPS) is 12.8. The molecule has 0 aromatic rings. The summed E-state index contributed by atoms with van der Waals surface area (Å²) in [6.45, 7) is 6.52. The first-order valence-electron chi connectivity index (χ1n) is 34.4. The molecule has 0 aliphatic rings. The Balaban J connectivity index is 4.44. The number of ether oxygens (including phenoxy) is 3. The third kappa shape index (κ3) is 66.8. The minimum Gasteiger partial charge on any atom is -0.462 e. The Morgan fingerprint density at radius 1 is 0.259 bits per heavy atom. The van der Waals surface area contributed by atoms with Crippen LogP contribution in [0.4, 0.5) is 0 Å². The van der Waals surface area contributed by atoms with Gasteiger partial charge in [-0.05, 0) is 128 Å². The quantitative estimate of drug-likeness (QED) is 0.0261. The minimum atomic E-state index is -0.795. The molecule has 1 unspecified atom stereocenters. The lowest BCUT2D eigenvalue weighted by atomic mass is 10.1. The van der Waals surface area contributed by atoms with E-state index in [1.54, 1.807) is 0 Å². The van der Waals surface area contributed by atoms with Crippen molar-refractivity contribution in [2.45, 2.75) is 335 Å². The Hall–Kier alpha value is -3.93. The lowest BCUT2D eigenvalue weighted by Crippen LogP contribution is -2.30. The fourth-order valence-electron chi connectivity index (χ4n) is 9.59. The first-order valence-corrected chi connectivity index (χ1v) is 34.4. The number of esters is 3. The zero-order valence-corrected chi connectivity index (χ0v) is 53.3. The van der Waals surface area contributed by atoms with Crippen LogP contribution in [0, 0.1) is 0 Å². The molecule has 6 nitrogen and oxygen atoms in total. The van der Waals surface area contributed by atoms with Gasteiger partial charge in [0.25, 0.3) is 0 Å². The van der Waals surface area contributed by atoms with Crippen molar-refractivity contribution >= 4 is 17.9 Å². The van der Waals surface area contributed by atoms with Crippen molar-refractivity contribution in [2.24, 2.45) is 0 Å². The van der Waals surface area contributed by atoms with E-state index in [-0.39, 0.29) is 31.1 Å². The number of carbonyl (C=O) groups excluding carboxylic acids is 3. The van der Waals surface area contributed by atoms with Crippen LogP contribution in [0.1, 0.15) is 329 Å². The summed E-state index contributed by atoms with van der Waals surface area (Å²) in [5, 5.41) is 0. The lowest BCUT2D eigenvalue weighted by Gasteiger charge is -2.18. The second kappa shape index (κ2) is 68.6. The van der Waals surface area contributed by atoms with Gasteiger partial charge < -0.3 is 14.2 Å². The van der Waals surface area contributed by atoms with E-state index in [4.69, 9.17) is 14.2 Å². The summed E-state index contributed by atoms with van der Waals surface area (Å²) in [4.78, 5) is 38.5. The summed E-state index contributed by atoms with van der Waals surface area (Å²) in [5.41, 5.74) is 0. The third-order valence-electron chi connectivity index (χ3n) is 14.7. The van der Waals surface area contributed by atoms with Gasteiger partial charge in [0.1, 0.15) is 13.2 Å². The number of hydrogen-bond donors (Lipinski definition) is 0. The van der Waals surface area contributed by atoms with Gasteiger partial charge in [0.15, 0.2) is 6.10 Å². The van der Waals surface area contributed by atoms with Gasteiger partial charge in [-0.1, -0.05) is 291 Å². The number of allylic oxidation sites excluding steroid dienone is 18. The van der Waals surface area contributed by atoms with Gasteiger partial charge in [-0.15, -0.1) is 0 Å². The van der Waals surface area contributed by atoms with Gasteiger partial charge in [0, 0.05) is 19.3 Å². The molecule has 0 aromatic carbocycles. The van der Waals surface area contributed by atoms with Crippen LogP contribution >= 0.6 is 0 Å². The van der Waals surface area contributed by atoms with Crippen LogP contribution < -0.4 is 0 Å². The Morgan fingerprint density at radius 2 is 0.481 bits per heavy atom. The largest absolute Gasteiger partial charge is 0.462 e. The fraction of sp³-hybridized carbons (Fsp3) is 0.720. The average Bonchev–Trinajstić information content (AvgIpc) is 3.47. The molecule has 0 amide bonds. The highest BCUT2D eigenvalue weighted by Gasteiger charge is 2.19. The van der Waals surface area contributed by atoms with E-state index < -0.39 is 6.10 Å². The van der Waals surface area contributed by atoms with E-state index in [2.05, 4.69) is 130 Å². The molecule has 1 atom stereocenters. The van der Waals surface area contributed by atoms with E-state index in [0.717, 1.165) is 122 Å². The van der Waals surface area contributed by atoms with Gasteiger partial charge in [0.2, 0.25) is 0 Å². The molecule has 0 fully saturated rings. The molecule has 0 radical (unpaired) electrons. The summed E-state index contributed by atoms with van der Waals surface area (Å²) in [7, 11) is 0. The zero-order valence-electron chi connectivity index (χ0n) is 53.3. The van der Waals surface area contributed by atoms with Crippen LogP contribution in [0.25, 0.3) is 0 Å². The highest BCUT2D eigenvalue weighted by Crippen LogP contribution is 2.16. The Morgan fingerprint density at radius 3 is 0.753 bits per heavy atom. The molecule has 81 heavy (non-hydrogen) atoms. The van der Waals surface area contributed by atoms with Crippen molar-refractivity contribution in [1.82, 2.24) is 0 Å². The van der Waals surface area contributed by atoms with Gasteiger partial charge in [0.05, 0.1) is 0 Å². The summed E-state index contributed by atoms with van der Waals surface area (Å²) in [5.74, 6) is -0.904. The Labute approximate surface area is 501 Å². The van der Waals surface area contributed by atoms with Crippen LogP contribution in [-0.4, -0.2) is 37.2 Å². The molecule has 464 valence electrons. The Kier molecular flexibility index (Phi) is 65.2. The molecular formula is C75H128O6. The first kappa shape index (κ1) is 77.1. The molecule has 0 N–H and O–H groups in total. The third-order valence-corrected chi connectivity index (χ3v) is 14.7. The highest BCUT2D eigenvalue weighted by atomic mass is 16.6. The van der Waals surface area contributed by atoms with E-state index in [0.29, 0.717) is 19.3 Å². The van der Waals surface area contributed by atoms with Gasteiger partial charge in [-0.25, -0.2) is 0 Å². The van der Waals surface area contributed by atoms with Crippen molar-refractivity contribution in [3.8, 4) is 0 Å². The summed E-state index contributed by atoms with van der Waals surface area (Å²) in [6, 6.07) is 0. The van der Waals surface area contributed by atoms with Crippen LogP contribution in [0.3, 0.4) is 0 Å². The predicted molar refractivity (Wildman–Crippen MR) is 353 cm³/mol. The molecule has 0 aliphatic heterocycles.